The van der Waals surface area contributed by atoms with E-state index in [0.29, 0.717) is 6.42 Å². The van der Waals surface area contributed by atoms with Gasteiger partial charge >= 0.3 is 11.9 Å². The van der Waals surface area contributed by atoms with E-state index in [1.807, 2.05) is 0 Å². The van der Waals surface area contributed by atoms with E-state index in [0.717, 1.165) is 32.1 Å². The third-order valence-corrected chi connectivity index (χ3v) is 3.58. The molecule has 0 spiro atoms. The maximum Gasteiger partial charge on any atom is 0.307 e. The Hall–Kier alpha value is -1.32. The molecule has 4 heteroatoms. The number of carboxylic acid groups (broad SMARTS) is 2. The second kappa shape index (κ2) is 13.7. The van der Waals surface area contributed by atoms with E-state index in [1.165, 1.54) is 25.7 Å². The predicted octanol–water partition coefficient (Wildman–Crippen LogP) is 4.64. The highest BCUT2D eigenvalue weighted by Crippen LogP contribution is 2.16. The number of aliphatic carboxylic acids is 2. The van der Waals surface area contributed by atoms with Crippen molar-refractivity contribution >= 4 is 11.9 Å². The van der Waals surface area contributed by atoms with E-state index in [4.69, 9.17) is 10.2 Å². The van der Waals surface area contributed by atoms with Gasteiger partial charge in [-0.2, -0.15) is 0 Å². The van der Waals surface area contributed by atoms with Gasteiger partial charge in [-0.05, 0) is 25.7 Å². The quantitative estimate of drug-likeness (QED) is 0.362. The average Bonchev–Trinajstić information content (AvgIpc) is 2.42. The molecule has 0 aromatic rings. The van der Waals surface area contributed by atoms with Crippen LogP contribution in [-0.4, -0.2) is 22.2 Å². The number of carbonyl (C=O) groups is 2. The summed E-state index contributed by atoms with van der Waals surface area (Å²) in [4.78, 5) is 21.4. The van der Waals surface area contributed by atoms with Gasteiger partial charge in [-0.1, -0.05) is 57.6 Å². The summed E-state index contributed by atoms with van der Waals surface area (Å²) in [5.74, 6) is -2.75. The van der Waals surface area contributed by atoms with Gasteiger partial charge in [-0.15, -0.1) is 0 Å². The molecular formula is C17H30O4. The zero-order valence-electron chi connectivity index (χ0n) is 13.2. The Kier molecular flexibility index (Phi) is 12.8. The minimum absolute atomic E-state index is 0.266. The molecule has 0 aliphatic heterocycles. The minimum atomic E-state index is -1.03. The summed E-state index contributed by atoms with van der Waals surface area (Å²) in [6.07, 6.45) is 14.8. The van der Waals surface area contributed by atoms with Crippen molar-refractivity contribution < 1.29 is 19.8 Å². The molecule has 0 aromatic carbocycles. The van der Waals surface area contributed by atoms with E-state index in [2.05, 4.69) is 19.1 Å². The Balaban J connectivity index is 3.47. The standard InChI is InChI=1S/C17H30O4/c1-2-3-4-5-6-7-8-9-10-11-12-13-15(17(20)21)14-16(18)19/h5-6,15H,2-4,7-14H2,1H3,(H,18,19)(H,20,21)/b6-5+. The first-order valence-corrected chi connectivity index (χ1v) is 8.17. The monoisotopic (exact) mass is 298 g/mol. The summed E-state index contributed by atoms with van der Waals surface area (Å²) >= 11 is 0. The van der Waals surface area contributed by atoms with Crippen LogP contribution in [0.15, 0.2) is 12.2 Å². The molecule has 0 radical (unpaired) electrons. The van der Waals surface area contributed by atoms with Crippen LogP contribution in [0, 0.1) is 5.92 Å². The van der Waals surface area contributed by atoms with E-state index < -0.39 is 17.9 Å². The number of hydrogen-bond acceptors (Lipinski definition) is 2. The van der Waals surface area contributed by atoms with Gasteiger partial charge in [0.15, 0.2) is 0 Å². The molecule has 4 nitrogen and oxygen atoms in total. The van der Waals surface area contributed by atoms with E-state index in [1.54, 1.807) is 0 Å². The lowest BCUT2D eigenvalue weighted by molar-refractivity contribution is -0.148. The zero-order valence-corrected chi connectivity index (χ0v) is 13.2. The van der Waals surface area contributed by atoms with Crippen molar-refractivity contribution in [3.63, 3.8) is 0 Å². The topological polar surface area (TPSA) is 74.6 Å². The van der Waals surface area contributed by atoms with Crippen molar-refractivity contribution in [3.05, 3.63) is 12.2 Å². The summed E-state index contributed by atoms with van der Waals surface area (Å²) in [6, 6.07) is 0. The molecule has 1 atom stereocenters. The second-order valence-electron chi connectivity index (χ2n) is 5.59. The van der Waals surface area contributed by atoms with Crippen LogP contribution in [0.3, 0.4) is 0 Å². The molecule has 0 saturated heterocycles. The molecule has 21 heavy (non-hydrogen) atoms. The molecule has 0 rings (SSSR count). The summed E-state index contributed by atoms with van der Waals surface area (Å²) < 4.78 is 0. The molecule has 0 aromatic heterocycles. The number of allylic oxidation sites excluding steroid dienone is 2. The van der Waals surface area contributed by atoms with Crippen molar-refractivity contribution in [2.75, 3.05) is 0 Å². The highest BCUT2D eigenvalue weighted by Gasteiger charge is 2.19. The Morgan fingerprint density at radius 3 is 2.05 bits per heavy atom. The van der Waals surface area contributed by atoms with Gasteiger partial charge < -0.3 is 10.2 Å². The maximum absolute atomic E-state index is 10.9. The first-order chi connectivity index (χ1) is 10.1. The van der Waals surface area contributed by atoms with E-state index in [9.17, 15) is 9.59 Å². The molecule has 122 valence electrons. The zero-order chi connectivity index (χ0) is 15.9. The molecule has 0 aliphatic carbocycles. The number of hydrogen-bond donors (Lipinski definition) is 2. The van der Waals surface area contributed by atoms with Gasteiger partial charge in [0.1, 0.15) is 0 Å². The fourth-order valence-corrected chi connectivity index (χ4v) is 2.26. The number of unbranched alkanes of at least 4 members (excludes halogenated alkanes) is 7. The lowest BCUT2D eigenvalue weighted by Crippen LogP contribution is -2.17. The highest BCUT2D eigenvalue weighted by atomic mass is 16.4. The van der Waals surface area contributed by atoms with Crippen molar-refractivity contribution in [2.45, 2.75) is 77.6 Å². The van der Waals surface area contributed by atoms with Gasteiger partial charge in [-0.25, -0.2) is 0 Å². The highest BCUT2D eigenvalue weighted by molar-refractivity contribution is 5.77. The average molecular weight is 298 g/mol. The SMILES string of the molecule is CCCC/C=C/CCCCCCCC(CC(=O)O)C(=O)O. The van der Waals surface area contributed by atoms with Gasteiger partial charge in [0, 0.05) is 0 Å². The first-order valence-electron chi connectivity index (χ1n) is 8.17. The lowest BCUT2D eigenvalue weighted by atomic mass is 9.97. The third kappa shape index (κ3) is 13.4. The van der Waals surface area contributed by atoms with Crippen LogP contribution >= 0.6 is 0 Å². The fraction of sp³-hybridized carbons (Fsp3) is 0.765. The van der Waals surface area contributed by atoms with Crippen LogP contribution in [0.4, 0.5) is 0 Å². The Morgan fingerprint density at radius 2 is 1.48 bits per heavy atom. The van der Waals surface area contributed by atoms with Gasteiger partial charge in [-0.3, -0.25) is 9.59 Å². The maximum atomic E-state index is 10.9. The van der Waals surface area contributed by atoms with Crippen LogP contribution in [0.2, 0.25) is 0 Å². The lowest BCUT2D eigenvalue weighted by Gasteiger charge is -2.09. The molecular weight excluding hydrogens is 268 g/mol. The van der Waals surface area contributed by atoms with Crippen LogP contribution in [0.1, 0.15) is 77.6 Å². The minimum Gasteiger partial charge on any atom is -0.481 e. The van der Waals surface area contributed by atoms with Crippen molar-refractivity contribution in [2.24, 2.45) is 5.92 Å². The summed E-state index contributed by atoms with van der Waals surface area (Å²) in [5.41, 5.74) is 0. The van der Waals surface area contributed by atoms with Crippen molar-refractivity contribution in [1.29, 1.82) is 0 Å². The van der Waals surface area contributed by atoms with Crippen LogP contribution in [0.5, 0.6) is 0 Å². The summed E-state index contributed by atoms with van der Waals surface area (Å²) in [5, 5.41) is 17.6. The largest absolute Gasteiger partial charge is 0.481 e. The molecule has 2 N–H and O–H groups in total. The molecule has 0 heterocycles. The Bertz CT molecular complexity index is 310. The third-order valence-electron chi connectivity index (χ3n) is 3.58. The van der Waals surface area contributed by atoms with Gasteiger partial charge in [0.2, 0.25) is 0 Å². The normalized spacial score (nSPS) is 12.6. The Labute approximate surface area is 128 Å². The molecule has 0 saturated carbocycles. The summed E-state index contributed by atoms with van der Waals surface area (Å²) in [6.45, 7) is 2.19. The van der Waals surface area contributed by atoms with Crippen molar-refractivity contribution in [3.8, 4) is 0 Å². The molecule has 1 unspecified atom stereocenters. The van der Waals surface area contributed by atoms with Crippen LogP contribution < -0.4 is 0 Å². The van der Waals surface area contributed by atoms with E-state index >= 15 is 0 Å². The molecule has 0 aliphatic rings. The van der Waals surface area contributed by atoms with E-state index in [-0.39, 0.29) is 6.42 Å². The Morgan fingerprint density at radius 1 is 0.905 bits per heavy atom. The molecule has 0 fully saturated rings. The second-order valence-corrected chi connectivity index (χ2v) is 5.59. The molecule has 0 amide bonds. The summed E-state index contributed by atoms with van der Waals surface area (Å²) in [7, 11) is 0. The van der Waals surface area contributed by atoms with Crippen molar-refractivity contribution in [1.82, 2.24) is 0 Å². The molecule has 0 bridgehead atoms. The predicted molar refractivity (Wildman–Crippen MR) is 84.4 cm³/mol. The number of rotatable bonds is 14. The van der Waals surface area contributed by atoms with Gasteiger partial charge in [0.05, 0.1) is 12.3 Å². The van der Waals surface area contributed by atoms with Crippen LogP contribution in [-0.2, 0) is 9.59 Å². The first kappa shape index (κ1) is 19.7. The number of carboxylic acids is 2. The van der Waals surface area contributed by atoms with Crippen LogP contribution in [0.25, 0.3) is 0 Å². The van der Waals surface area contributed by atoms with Gasteiger partial charge in [0.25, 0.3) is 0 Å². The smallest absolute Gasteiger partial charge is 0.307 e. The fourth-order valence-electron chi connectivity index (χ4n) is 2.26.